The fourth-order valence-electron chi connectivity index (χ4n) is 1.71. The zero-order valence-corrected chi connectivity index (χ0v) is 9.18. The van der Waals surface area contributed by atoms with E-state index in [1.54, 1.807) is 30.5 Å². The summed E-state index contributed by atoms with van der Waals surface area (Å²) in [5.41, 5.74) is 6.95. The quantitative estimate of drug-likeness (QED) is 0.851. The molecule has 0 saturated heterocycles. The minimum Gasteiger partial charge on any atom is -0.388 e. The van der Waals surface area contributed by atoms with Gasteiger partial charge in [-0.1, -0.05) is 18.2 Å². The second-order valence-corrected chi connectivity index (χ2v) is 3.83. The molecule has 0 amide bonds. The second-order valence-electron chi connectivity index (χ2n) is 3.83. The Hall–Kier alpha value is -1.94. The average molecular weight is 232 g/mol. The predicted octanol–water partition coefficient (Wildman–Crippen LogP) is 2.08. The highest BCUT2D eigenvalue weighted by molar-refractivity contribution is 5.40. The van der Waals surface area contributed by atoms with E-state index in [-0.39, 0.29) is 5.82 Å². The standard InChI is InChI=1S/C13H13FN2O/c14-10-4-1-3-9(7-10)8-12(17)11-5-2-6-16-13(11)15/h1-7,12,17H,8H2,(H2,15,16). The van der Waals surface area contributed by atoms with Gasteiger partial charge in [0.2, 0.25) is 0 Å². The van der Waals surface area contributed by atoms with E-state index >= 15 is 0 Å². The van der Waals surface area contributed by atoms with E-state index in [1.165, 1.54) is 12.1 Å². The van der Waals surface area contributed by atoms with Gasteiger partial charge in [0, 0.05) is 18.2 Å². The second kappa shape index (κ2) is 4.93. The number of anilines is 1. The highest BCUT2D eigenvalue weighted by Crippen LogP contribution is 2.22. The monoisotopic (exact) mass is 232 g/mol. The minimum atomic E-state index is -0.773. The minimum absolute atomic E-state index is 0.302. The maximum atomic E-state index is 13.0. The van der Waals surface area contributed by atoms with Crippen LogP contribution in [0.4, 0.5) is 10.2 Å². The molecule has 17 heavy (non-hydrogen) atoms. The van der Waals surface area contributed by atoms with Crippen molar-refractivity contribution in [3.63, 3.8) is 0 Å². The molecule has 0 bridgehead atoms. The molecule has 1 aromatic heterocycles. The topological polar surface area (TPSA) is 59.1 Å². The number of nitrogen functional groups attached to an aromatic ring is 1. The molecular formula is C13H13FN2O. The maximum absolute atomic E-state index is 13.0. The van der Waals surface area contributed by atoms with Crippen molar-refractivity contribution in [2.45, 2.75) is 12.5 Å². The fraction of sp³-hybridized carbons (Fsp3) is 0.154. The first-order valence-electron chi connectivity index (χ1n) is 5.29. The summed E-state index contributed by atoms with van der Waals surface area (Å²) in [7, 11) is 0. The first-order chi connectivity index (χ1) is 8.16. The lowest BCUT2D eigenvalue weighted by Crippen LogP contribution is -2.06. The number of benzene rings is 1. The number of aliphatic hydroxyl groups excluding tert-OH is 1. The van der Waals surface area contributed by atoms with Crippen LogP contribution >= 0.6 is 0 Å². The van der Waals surface area contributed by atoms with E-state index in [0.717, 1.165) is 5.56 Å². The lowest BCUT2D eigenvalue weighted by atomic mass is 10.0. The number of aliphatic hydroxyl groups is 1. The summed E-state index contributed by atoms with van der Waals surface area (Å²) in [5, 5.41) is 10.0. The van der Waals surface area contributed by atoms with Crippen molar-refractivity contribution >= 4 is 5.82 Å². The van der Waals surface area contributed by atoms with Crippen molar-refractivity contribution in [2.24, 2.45) is 0 Å². The Labute approximate surface area is 98.7 Å². The molecule has 0 aliphatic carbocycles. The Morgan fingerprint density at radius 2 is 2.12 bits per heavy atom. The van der Waals surface area contributed by atoms with Gasteiger partial charge in [-0.05, 0) is 23.8 Å². The van der Waals surface area contributed by atoms with Gasteiger partial charge in [0.25, 0.3) is 0 Å². The zero-order valence-electron chi connectivity index (χ0n) is 9.18. The van der Waals surface area contributed by atoms with E-state index in [2.05, 4.69) is 4.98 Å². The van der Waals surface area contributed by atoms with Crippen molar-refractivity contribution in [2.75, 3.05) is 5.73 Å². The molecule has 0 aliphatic rings. The van der Waals surface area contributed by atoms with Crippen LogP contribution < -0.4 is 5.73 Å². The molecule has 3 N–H and O–H groups in total. The Bertz CT molecular complexity index is 516. The molecule has 0 saturated carbocycles. The van der Waals surface area contributed by atoms with Gasteiger partial charge < -0.3 is 10.8 Å². The molecule has 2 rings (SSSR count). The average Bonchev–Trinajstić information content (AvgIpc) is 2.29. The Morgan fingerprint density at radius 1 is 1.29 bits per heavy atom. The molecule has 1 unspecified atom stereocenters. The molecule has 0 spiro atoms. The predicted molar refractivity (Wildman–Crippen MR) is 63.7 cm³/mol. The molecule has 2 aromatic rings. The third-order valence-corrected chi connectivity index (χ3v) is 2.55. The van der Waals surface area contributed by atoms with E-state index in [1.807, 2.05) is 0 Å². The van der Waals surface area contributed by atoms with Gasteiger partial charge in [-0.2, -0.15) is 0 Å². The first kappa shape index (κ1) is 11.5. The Balaban J connectivity index is 2.17. The van der Waals surface area contributed by atoms with Crippen molar-refractivity contribution < 1.29 is 9.50 Å². The van der Waals surface area contributed by atoms with Crippen LogP contribution in [0.1, 0.15) is 17.2 Å². The number of hydrogen-bond donors (Lipinski definition) is 2. The van der Waals surface area contributed by atoms with Gasteiger partial charge >= 0.3 is 0 Å². The third-order valence-electron chi connectivity index (χ3n) is 2.55. The number of halogens is 1. The lowest BCUT2D eigenvalue weighted by molar-refractivity contribution is 0.179. The summed E-state index contributed by atoms with van der Waals surface area (Å²) in [5.74, 6) is -0.00902. The van der Waals surface area contributed by atoms with Crippen LogP contribution in [0.5, 0.6) is 0 Å². The smallest absolute Gasteiger partial charge is 0.129 e. The molecule has 0 radical (unpaired) electrons. The van der Waals surface area contributed by atoms with Crippen molar-refractivity contribution in [3.05, 3.63) is 59.5 Å². The largest absolute Gasteiger partial charge is 0.388 e. The summed E-state index contributed by atoms with van der Waals surface area (Å²) in [6.45, 7) is 0. The Morgan fingerprint density at radius 3 is 2.82 bits per heavy atom. The maximum Gasteiger partial charge on any atom is 0.129 e. The summed E-state index contributed by atoms with van der Waals surface area (Å²) < 4.78 is 13.0. The van der Waals surface area contributed by atoms with Gasteiger partial charge in [-0.25, -0.2) is 9.37 Å². The molecule has 0 fully saturated rings. The number of nitrogens with two attached hydrogens (primary N) is 1. The molecule has 4 heteroatoms. The highest BCUT2D eigenvalue weighted by atomic mass is 19.1. The molecule has 1 heterocycles. The molecule has 0 aliphatic heterocycles. The van der Waals surface area contributed by atoms with Gasteiger partial charge in [0.05, 0.1) is 6.10 Å². The van der Waals surface area contributed by atoms with Crippen LogP contribution in [-0.4, -0.2) is 10.1 Å². The van der Waals surface area contributed by atoms with Crippen LogP contribution in [-0.2, 0) is 6.42 Å². The van der Waals surface area contributed by atoms with E-state index in [0.29, 0.717) is 17.8 Å². The van der Waals surface area contributed by atoms with Crippen LogP contribution in [0.2, 0.25) is 0 Å². The number of hydrogen-bond acceptors (Lipinski definition) is 3. The summed E-state index contributed by atoms with van der Waals surface area (Å²) in [6, 6.07) is 9.57. The lowest BCUT2D eigenvalue weighted by Gasteiger charge is -2.12. The summed E-state index contributed by atoms with van der Waals surface area (Å²) >= 11 is 0. The Kier molecular flexibility index (Phi) is 3.35. The number of nitrogens with zero attached hydrogens (tertiary/aromatic N) is 1. The van der Waals surface area contributed by atoms with Crippen LogP contribution in [0.15, 0.2) is 42.6 Å². The SMILES string of the molecule is Nc1ncccc1C(O)Cc1cccc(F)c1. The van der Waals surface area contributed by atoms with Crippen molar-refractivity contribution in [1.29, 1.82) is 0 Å². The van der Waals surface area contributed by atoms with Gasteiger partial charge in [-0.3, -0.25) is 0 Å². The number of aromatic nitrogens is 1. The van der Waals surface area contributed by atoms with Gasteiger partial charge in [-0.15, -0.1) is 0 Å². The fourth-order valence-corrected chi connectivity index (χ4v) is 1.71. The van der Waals surface area contributed by atoms with Crippen molar-refractivity contribution in [3.8, 4) is 0 Å². The molecule has 3 nitrogen and oxygen atoms in total. The summed E-state index contributed by atoms with van der Waals surface area (Å²) in [6.07, 6.45) is 1.10. The van der Waals surface area contributed by atoms with Gasteiger partial charge in [0.15, 0.2) is 0 Å². The number of rotatable bonds is 3. The number of pyridine rings is 1. The van der Waals surface area contributed by atoms with E-state index < -0.39 is 6.10 Å². The molecular weight excluding hydrogens is 219 g/mol. The third kappa shape index (κ3) is 2.79. The first-order valence-corrected chi connectivity index (χ1v) is 5.29. The molecule has 1 atom stereocenters. The van der Waals surface area contributed by atoms with Crippen LogP contribution in [0, 0.1) is 5.82 Å². The zero-order chi connectivity index (χ0) is 12.3. The van der Waals surface area contributed by atoms with E-state index in [9.17, 15) is 9.50 Å². The molecule has 1 aromatic carbocycles. The van der Waals surface area contributed by atoms with Crippen LogP contribution in [0.25, 0.3) is 0 Å². The molecule has 88 valence electrons. The normalized spacial score (nSPS) is 12.4. The highest BCUT2D eigenvalue weighted by Gasteiger charge is 2.12. The van der Waals surface area contributed by atoms with Crippen molar-refractivity contribution in [1.82, 2.24) is 4.98 Å². The van der Waals surface area contributed by atoms with Gasteiger partial charge in [0.1, 0.15) is 11.6 Å². The van der Waals surface area contributed by atoms with Crippen LogP contribution in [0.3, 0.4) is 0 Å². The summed E-state index contributed by atoms with van der Waals surface area (Å²) in [4.78, 5) is 3.90. The van der Waals surface area contributed by atoms with E-state index in [4.69, 9.17) is 5.73 Å².